The van der Waals surface area contributed by atoms with Crippen LogP contribution < -0.4 is 5.32 Å². The van der Waals surface area contributed by atoms with Crippen molar-refractivity contribution >= 4 is 35.2 Å². The number of thioether (sulfide) groups is 1. The van der Waals surface area contributed by atoms with Gasteiger partial charge in [-0.15, -0.1) is 0 Å². The summed E-state index contributed by atoms with van der Waals surface area (Å²) in [6.45, 7) is 5.17. The molecule has 6 nitrogen and oxygen atoms in total. The van der Waals surface area contributed by atoms with Gasteiger partial charge in [0.25, 0.3) is 0 Å². The van der Waals surface area contributed by atoms with E-state index in [0.717, 1.165) is 11.3 Å². The van der Waals surface area contributed by atoms with E-state index in [1.54, 1.807) is 20.0 Å². The number of hydrogen-bond donors (Lipinski definition) is 2. The molecule has 1 heterocycles. The molecule has 0 bridgehead atoms. The van der Waals surface area contributed by atoms with Crippen molar-refractivity contribution in [3.05, 3.63) is 41.2 Å². The number of hydrogen-bond acceptors (Lipinski definition) is 4. The lowest BCUT2D eigenvalue weighted by Crippen LogP contribution is -2.40. The van der Waals surface area contributed by atoms with Gasteiger partial charge in [-0.25, -0.2) is 4.98 Å². The summed E-state index contributed by atoms with van der Waals surface area (Å²) in [7, 11) is 0. The largest absolute Gasteiger partial charge is 0.481 e. The molecule has 0 fully saturated rings. The van der Waals surface area contributed by atoms with E-state index in [1.165, 1.54) is 11.8 Å². The predicted molar refractivity (Wildman–Crippen MR) is 98.4 cm³/mol. The number of carboxylic acids is 1. The van der Waals surface area contributed by atoms with E-state index in [4.69, 9.17) is 16.7 Å². The van der Waals surface area contributed by atoms with Crippen molar-refractivity contribution in [2.75, 3.05) is 5.75 Å². The van der Waals surface area contributed by atoms with E-state index in [0.29, 0.717) is 10.2 Å². The smallest absolute Gasteiger partial charge is 0.308 e. The minimum atomic E-state index is -0.938. The Kier molecular flexibility index (Phi) is 6.50. The number of carbonyl (C=O) groups is 2. The van der Waals surface area contributed by atoms with Crippen LogP contribution >= 0.6 is 23.4 Å². The minimum absolute atomic E-state index is 0.146. The molecule has 1 aromatic carbocycles. The minimum Gasteiger partial charge on any atom is -0.481 e. The molecule has 2 N–H and O–H groups in total. The number of rotatable bonds is 7. The van der Waals surface area contributed by atoms with Crippen LogP contribution in [0.15, 0.2) is 35.7 Å². The average molecular weight is 382 g/mol. The molecule has 2 unspecified atom stereocenters. The fourth-order valence-corrected chi connectivity index (χ4v) is 3.15. The molecule has 0 saturated carbocycles. The second kappa shape index (κ2) is 8.40. The Morgan fingerprint density at radius 2 is 2.12 bits per heavy atom. The third-order valence-electron chi connectivity index (χ3n) is 3.97. The molecule has 25 heavy (non-hydrogen) atoms. The Bertz CT molecular complexity index is 778. The Morgan fingerprint density at radius 1 is 1.40 bits per heavy atom. The monoisotopic (exact) mass is 381 g/mol. The number of aliphatic carboxylic acids is 1. The maximum atomic E-state index is 12.1. The maximum absolute atomic E-state index is 12.1. The molecule has 2 atom stereocenters. The number of carbonyl (C=O) groups excluding carboxylic acids is 1. The van der Waals surface area contributed by atoms with Crippen molar-refractivity contribution in [2.45, 2.75) is 32.0 Å². The van der Waals surface area contributed by atoms with Gasteiger partial charge in [-0.2, -0.15) is 0 Å². The summed E-state index contributed by atoms with van der Waals surface area (Å²) in [5, 5.41) is 13.0. The maximum Gasteiger partial charge on any atom is 0.308 e. The molecule has 2 rings (SSSR count). The van der Waals surface area contributed by atoms with Crippen LogP contribution in [0.2, 0.25) is 5.02 Å². The molecule has 0 aliphatic carbocycles. The predicted octanol–water partition coefficient (Wildman–Crippen LogP) is 3.15. The molecule has 0 radical (unpaired) electrons. The molecular weight excluding hydrogens is 362 g/mol. The third-order valence-corrected chi connectivity index (χ3v) is 5.34. The van der Waals surface area contributed by atoms with Crippen molar-refractivity contribution in [3.63, 3.8) is 0 Å². The average Bonchev–Trinajstić information content (AvgIpc) is 3.02. The quantitative estimate of drug-likeness (QED) is 0.720. The lowest BCUT2D eigenvalue weighted by atomic mass is 10.0. The van der Waals surface area contributed by atoms with Gasteiger partial charge in [-0.1, -0.05) is 29.4 Å². The van der Waals surface area contributed by atoms with Crippen LogP contribution in [0, 0.1) is 12.8 Å². The zero-order chi connectivity index (χ0) is 18.6. The van der Waals surface area contributed by atoms with Crippen LogP contribution in [0.25, 0.3) is 5.69 Å². The van der Waals surface area contributed by atoms with E-state index in [1.807, 2.05) is 35.9 Å². The zero-order valence-electron chi connectivity index (χ0n) is 14.2. The number of benzene rings is 1. The number of aromatic nitrogens is 2. The topological polar surface area (TPSA) is 84.2 Å². The summed E-state index contributed by atoms with van der Waals surface area (Å²) in [6, 6.07) is 5.17. The summed E-state index contributed by atoms with van der Waals surface area (Å²) in [4.78, 5) is 27.3. The van der Waals surface area contributed by atoms with Crippen LogP contribution in [0.4, 0.5) is 0 Å². The molecule has 0 aliphatic rings. The van der Waals surface area contributed by atoms with Gasteiger partial charge in [0, 0.05) is 23.5 Å². The Labute approximate surface area is 155 Å². The highest BCUT2D eigenvalue weighted by atomic mass is 35.5. The van der Waals surface area contributed by atoms with Gasteiger partial charge in [-0.3, -0.25) is 14.2 Å². The van der Waals surface area contributed by atoms with Crippen molar-refractivity contribution in [1.82, 2.24) is 14.9 Å². The molecule has 2 aromatic rings. The Hall–Kier alpha value is -1.99. The molecule has 8 heteroatoms. The summed E-state index contributed by atoms with van der Waals surface area (Å²) in [6.07, 6.45) is 3.48. The fraction of sp³-hybridized carbons (Fsp3) is 0.353. The van der Waals surface area contributed by atoms with E-state index in [2.05, 4.69) is 10.3 Å². The van der Waals surface area contributed by atoms with Gasteiger partial charge in [0.15, 0.2) is 5.16 Å². The standard InChI is InChI=1S/C17H20ClN3O3S/c1-10(16(23)24)12(3)20-15(22)9-25-17-19-7-8-21(17)14-6-4-5-13(18)11(14)2/h4-8,10,12H,9H2,1-3H3,(H,20,22)(H,23,24). The molecule has 134 valence electrons. The van der Waals surface area contributed by atoms with Gasteiger partial charge >= 0.3 is 5.97 Å². The SMILES string of the molecule is Cc1c(Cl)cccc1-n1ccnc1SCC(=O)NC(C)C(C)C(=O)O. The molecule has 0 aliphatic heterocycles. The van der Waals surface area contributed by atoms with Gasteiger partial charge < -0.3 is 10.4 Å². The highest BCUT2D eigenvalue weighted by Crippen LogP contribution is 2.26. The van der Waals surface area contributed by atoms with E-state index >= 15 is 0 Å². The van der Waals surface area contributed by atoms with Crippen molar-refractivity contribution < 1.29 is 14.7 Å². The first-order valence-electron chi connectivity index (χ1n) is 7.75. The highest BCUT2D eigenvalue weighted by Gasteiger charge is 2.21. The van der Waals surface area contributed by atoms with Gasteiger partial charge in [0.05, 0.1) is 17.4 Å². The normalized spacial score (nSPS) is 13.3. The van der Waals surface area contributed by atoms with E-state index in [-0.39, 0.29) is 11.7 Å². The summed E-state index contributed by atoms with van der Waals surface area (Å²) in [5.74, 6) is -1.67. The van der Waals surface area contributed by atoms with E-state index < -0.39 is 17.9 Å². The molecule has 0 spiro atoms. The number of nitrogens with zero attached hydrogens (tertiary/aromatic N) is 2. The van der Waals surface area contributed by atoms with Crippen molar-refractivity contribution in [1.29, 1.82) is 0 Å². The molecule has 1 amide bonds. The number of carboxylic acid groups (broad SMARTS) is 1. The third kappa shape index (κ3) is 4.76. The van der Waals surface area contributed by atoms with Crippen LogP contribution in [-0.4, -0.2) is 38.3 Å². The number of imidazole rings is 1. The van der Waals surface area contributed by atoms with Crippen LogP contribution in [0.5, 0.6) is 0 Å². The Balaban J connectivity index is 2.03. The van der Waals surface area contributed by atoms with Crippen LogP contribution in [0.3, 0.4) is 0 Å². The van der Waals surface area contributed by atoms with Gasteiger partial charge in [0.1, 0.15) is 0 Å². The zero-order valence-corrected chi connectivity index (χ0v) is 15.8. The first-order valence-corrected chi connectivity index (χ1v) is 9.11. The first-order chi connectivity index (χ1) is 11.8. The van der Waals surface area contributed by atoms with Crippen molar-refractivity contribution in [2.24, 2.45) is 5.92 Å². The number of nitrogens with one attached hydrogen (secondary N) is 1. The number of amides is 1. The molecule has 1 aromatic heterocycles. The summed E-state index contributed by atoms with van der Waals surface area (Å²) >= 11 is 7.45. The van der Waals surface area contributed by atoms with E-state index in [9.17, 15) is 9.59 Å². The first kappa shape index (κ1) is 19.3. The fourth-order valence-electron chi connectivity index (χ4n) is 2.20. The van der Waals surface area contributed by atoms with Crippen molar-refractivity contribution in [3.8, 4) is 5.69 Å². The second-order valence-corrected chi connectivity index (χ2v) is 7.09. The number of halogens is 1. The molecular formula is C17H20ClN3O3S. The molecule has 0 saturated heterocycles. The lowest BCUT2D eigenvalue weighted by molar-refractivity contribution is -0.142. The lowest BCUT2D eigenvalue weighted by Gasteiger charge is -2.17. The second-order valence-electron chi connectivity index (χ2n) is 5.74. The Morgan fingerprint density at radius 3 is 2.80 bits per heavy atom. The highest BCUT2D eigenvalue weighted by molar-refractivity contribution is 7.99. The summed E-state index contributed by atoms with van der Waals surface area (Å²) < 4.78 is 1.88. The van der Waals surface area contributed by atoms with Crippen LogP contribution in [0.1, 0.15) is 19.4 Å². The van der Waals surface area contributed by atoms with Crippen LogP contribution in [-0.2, 0) is 9.59 Å². The van der Waals surface area contributed by atoms with Gasteiger partial charge in [-0.05, 0) is 38.5 Å². The summed E-state index contributed by atoms with van der Waals surface area (Å²) in [5.41, 5.74) is 1.83. The van der Waals surface area contributed by atoms with Gasteiger partial charge in [0.2, 0.25) is 5.91 Å².